The number of nitrogens with zero attached hydrogens (tertiary/aromatic N) is 1. The van der Waals surface area contributed by atoms with Crippen LogP contribution in [0, 0.1) is 0 Å². The molecule has 0 aliphatic heterocycles. The summed E-state index contributed by atoms with van der Waals surface area (Å²) in [5, 5.41) is 0. The molecule has 1 rings (SSSR count). The molecule has 0 spiro atoms. The average Bonchev–Trinajstić information content (AvgIpc) is 2.38. The molecular formula is C11H13F3N2O4. The number of carbonyl (C=O) groups excluding carboxylic acids is 1. The van der Waals surface area contributed by atoms with Crippen molar-refractivity contribution in [1.29, 1.82) is 0 Å². The predicted octanol–water partition coefficient (Wildman–Crippen LogP) is 1.16. The lowest BCUT2D eigenvalue weighted by Gasteiger charge is -2.16. The molecule has 0 aromatic carbocycles. The molecule has 1 heterocycles. The standard InChI is InChI=1S/C11H13F3N2O4/c1-18-8-3-6(5-15)16-7(4-9(17)19-2)10(8)20-11(12,13)14/h3H,4-5,15H2,1-2H3. The third-order valence-electron chi connectivity index (χ3n) is 2.25. The minimum Gasteiger partial charge on any atom is -0.493 e. The first-order valence-electron chi connectivity index (χ1n) is 5.40. The van der Waals surface area contributed by atoms with Crippen LogP contribution in [-0.2, 0) is 22.5 Å². The van der Waals surface area contributed by atoms with E-state index in [1.165, 1.54) is 13.2 Å². The smallest absolute Gasteiger partial charge is 0.493 e. The van der Waals surface area contributed by atoms with E-state index in [0.717, 1.165) is 7.11 Å². The quantitative estimate of drug-likeness (QED) is 0.820. The SMILES string of the molecule is COC(=O)Cc1nc(CN)cc(OC)c1OC(F)(F)F. The van der Waals surface area contributed by atoms with E-state index in [1.54, 1.807) is 0 Å². The van der Waals surface area contributed by atoms with E-state index >= 15 is 0 Å². The van der Waals surface area contributed by atoms with E-state index in [0.29, 0.717) is 0 Å². The van der Waals surface area contributed by atoms with Crippen molar-refractivity contribution >= 4 is 5.97 Å². The van der Waals surface area contributed by atoms with E-state index in [9.17, 15) is 18.0 Å². The second-order valence-corrected chi connectivity index (χ2v) is 3.60. The molecule has 0 unspecified atom stereocenters. The third-order valence-corrected chi connectivity index (χ3v) is 2.25. The van der Waals surface area contributed by atoms with Gasteiger partial charge < -0.3 is 19.9 Å². The minimum atomic E-state index is -4.94. The zero-order valence-electron chi connectivity index (χ0n) is 10.8. The zero-order chi connectivity index (χ0) is 15.3. The summed E-state index contributed by atoms with van der Waals surface area (Å²) < 4.78 is 50.3. The largest absolute Gasteiger partial charge is 0.573 e. The summed E-state index contributed by atoms with van der Waals surface area (Å²) in [6.07, 6.45) is -5.43. The number of methoxy groups -OCH3 is 2. The number of alkyl halides is 3. The summed E-state index contributed by atoms with van der Waals surface area (Å²) in [5.74, 6) is -1.65. The van der Waals surface area contributed by atoms with Crippen LogP contribution in [0.1, 0.15) is 11.4 Å². The predicted molar refractivity (Wildman–Crippen MR) is 61.1 cm³/mol. The first kappa shape index (κ1) is 16.0. The van der Waals surface area contributed by atoms with Crippen LogP contribution < -0.4 is 15.2 Å². The van der Waals surface area contributed by atoms with Gasteiger partial charge in [0.25, 0.3) is 0 Å². The van der Waals surface area contributed by atoms with E-state index < -0.39 is 24.5 Å². The first-order chi connectivity index (χ1) is 9.30. The molecule has 0 aliphatic carbocycles. The van der Waals surface area contributed by atoms with Gasteiger partial charge in [-0.3, -0.25) is 9.78 Å². The molecule has 0 aliphatic rings. The summed E-state index contributed by atoms with van der Waals surface area (Å²) in [6, 6.07) is 1.21. The van der Waals surface area contributed by atoms with Gasteiger partial charge in [0.1, 0.15) is 0 Å². The van der Waals surface area contributed by atoms with Gasteiger partial charge in [0.15, 0.2) is 11.5 Å². The zero-order valence-corrected chi connectivity index (χ0v) is 10.8. The first-order valence-corrected chi connectivity index (χ1v) is 5.40. The van der Waals surface area contributed by atoms with Crippen molar-refractivity contribution in [2.75, 3.05) is 14.2 Å². The normalized spacial score (nSPS) is 11.1. The highest BCUT2D eigenvalue weighted by atomic mass is 19.4. The van der Waals surface area contributed by atoms with Crippen LogP contribution in [-0.4, -0.2) is 31.5 Å². The number of pyridine rings is 1. The number of carbonyl (C=O) groups is 1. The molecule has 112 valence electrons. The molecule has 0 atom stereocenters. The van der Waals surface area contributed by atoms with Crippen molar-refractivity contribution in [3.05, 3.63) is 17.5 Å². The summed E-state index contributed by atoms with van der Waals surface area (Å²) in [7, 11) is 2.28. The molecule has 0 fully saturated rings. The van der Waals surface area contributed by atoms with Crippen molar-refractivity contribution < 1.29 is 32.2 Å². The van der Waals surface area contributed by atoms with Crippen LogP contribution in [0.25, 0.3) is 0 Å². The van der Waals surface area contributed by atoms with Gasteiger partial charge in [0.05, 0.1) is 32.0 Å². The molecule has 0 bridgehead atoms. The van der Waals surface area contributed by atoms with E-state index in [-0.39, 0.29) is 23.7 Å². The van der Waals surface area contributed by atoms with Gasteiger partial charge in [0, 0.05) is 12.6 Å². The molecule has 20 heavy (non-hydrogen) atoms. The molecule has 0 radical (unpaired) electrons. The number of ether oxygens (including phenoxy) is 3. The molecule has 1 aromatic rings. The molecule has 2 N–H and O–H groups in total. The second kappa shape index (κ2) is 6.42. The third kappa shape index (κ3) is 4.26. The number of esters is 1. The number of rotatable bonds is 5. The van der Waals surface area contributed by atoms with Crippen LogP contribution in [0.3, 0.4) is 0 Å². The van der Waals surface area contributed by atoms with E-state index in [4.69, 9.17) is 10.5 Å². The fourth-order valence-corrected chi connectivity index (χ4v) is 1.43. The molecule has 1 aromatic heterocycles. The van der Waals surface area contributed by atoms with E-state index in [1.807, 2.05) is 0 Å². The lowest BCUT2D eigenvalue weighted by Crippen LogP contribution is -2.21. The van der Waals surface area contributed by atoms with Gasteiger partial charge in [-0.1, -0.05) is 0 Å². The number of hydrogen-bond donors (Lipinski definition) is 1. The van der Waals surface area contributed by atoms with Gasteiger partial charge in [-0.2, -0.15) is 0 Å². The highest BCUT2D eigenvalue weighted by Crippen LogP contribution is 2.35. The van der Waals surface area contributed by atoms with Crippen molar-refractivity contribution in [3.63, 3.8) is 0 Å². The maximum atomic E-state index is 12.4. The second-order valence-electron chi connectivity index (χ2n) is 3.60. The van der Waals surface area contributed by atoms with E-state index in [2.05, 4.69) is 14.5 Å². The summed E-state index contributed by atoms with van der Waals surface area (Å²) in [4.78, 5) is 15.1. The highest BCUT2D eigenvalue weighted by molar-refractivity contribution is 5.73. The molecule has 0 saturated carbocycles. The van der Waals surface area contributed by atoms with Crippen LogP contribution in [0.5, 0.6) is 11.5 Å². The highest BCUT2D eigenvalue weighted by Gasteiger charge is 2.34. The lowest BCUT2D eigenvalue weighted by molar-refractivity contribution is -0.275. The van der Waals surface area contributed by atoms with Crippen LogP contribution in [0.4, 0.5) is 13.2 Å². The van der Waals surface area contributed by atoms with Crippen LogP contribution >= 0.6 is 0 Å². The Morgan fingerprint density at radius 1 is 1.40 bits per heavy atom. The van der Waals surface area contributed by atoms with Gasteiger partial charge in [-0.05, 0) is 0 Å². The maximum Gasteiger partial charge on any atom is 0.573 e. The van der Waals surface area contributed by atoms with Crippen LogP contribution in [0.2, 0.25) is 0 Å². The Balaban J connectivity index is 3.30. The van der Waals surface area contributed by atoms with Gasteiger partial charge in [0.2, 0.25) is 0 Å². The van der Waals surface area contributed by atoms with Gasteiger partial charge in [-0.25, -0.2) is 0 Å². The number of nitrogens with two attached hydrogens (primary N) is 1. The monoisotopic (exact) mass is 294 g/mol. The molecule has 0 amide bonds. The van der Waals surface area contributed by atoms with Crippen molar-refractivity contribution in [2.45, 2.75) is 19.3 Å². The topological polar surface area (TPSA) is 83.7 Å². The number of hydrogen-bond acceptors (Lipinski definition) is 6. The summed E-state index contributed by atoms with van der Waals surface area (Å²) in [5.41, 5.74) is 5.39. The van der Waals surface area contributed by atoms with Crippen LogP contribution in [0.15, 0.2) is 6.07 Å². The Morgan fingerprint density at radius 2 is 2.05 bits per heavy atom. The molecule has 0 saturated heterocycles. The Hall–Kier alpha value is -2.03. The molecular weight excluding hydrogens is 281 g/mol. The Labute approximate surface area is 112 Å². The van der Waals surface area contributed by atoms with Crippen molar-refractivity contribution in [1.82, 2.24) is 4.98 Å². The average molecular weight is 294 g/mol. The Kier molecular flexibility index (Phi) is 5.14. The minimum absolute atomic E-state index is 0.0309. The van der Waals surface area contributed by atoms with Crippen molar-refractivity contribution in [3.8, 4) is 11.5 Å². The van der Waals surface area contributed by atoms with Gasteiger partial charge >= 0.3 is 12.3 Å². The number of halogens is 3. The fraction of sp³-hybridized carbons (Fsp3) is 0.455. The fourth-order valence-electron chi connectivity index (χ4n) is 1.43. The summed E-state index contributed by atoms with van der Waals surface area (Å²) >= 11 is 0. The van der Waals surface area contributed by atoms with Crippen molar-refractivity contribution in [2.24, 2.45) is 5.73 Å². The maximum absolute atomic E-state index is 12.4. The van der Waals surface area contributed by atoms with Gasteiger partial charge in [-0.15, -0.1) is 13.2 Å². The molecule has 6 nitrogen and oxygen atoms in total. The Morgan fingerprint density at radius 3 is 2.50 bits per heavy atom. The number of aromatic nitrogens is 1. The Bertz CT molecular complexity index is 491. The lowest BCUT2D eigenvalue weighted by atomic mass is 10.2. The summed E-state index contributed by atoms with van der Waals surface area (Å²) in [6.45, 7) is -0.0309. The molecule has 9 heteroatoms.